The molecule has 88 valence electrons. The summed E-state index contributed by atoms with van der Waals surface area (Å²) >= 11 is 0. The molecule has 0 spiro atoms. The van der Waals surface area contributed by atoms with Crippen molar-refractivity contribution in [3.8, 4) is 0 Å². The van der Waals surface area contributed by atoms with E-state index in [0.717, 1.165) is 12.1 Å². The Bertz CT molecular complexity index is 543. The van der Waals surface area contributed by atoms with E-state index in [1.807, 2.05) is 0 Å². The van der Waals surface area contributed by atoms with E-state index >= 15 is 0 Å². The van der Waals surface area contributed by atoms with E-state index in [0.29, 0.717) is 5.69 Å². The van der Waals surface area contributed by atoms with Crippen LogP contribution in [0.1, 0.15) is 16.1 Å². The first-order valence-corrected chi connectivity index (χ1v) is 5.03. The number of halogens is 2. The molecular weight excluding hydrogens is 226 g/mol. The lowest BCUT2D eigenvalue weighted by atomic mass is 10.1. The third-order valence-corrected chi connectivity index (χ3v) is 2.35. The van der Waals surface area contributed by atoms with Crippen molar-refractivity contribution in [1.29, 1.82) is 0 Å². The Morgan fingerprint density at radius 2 is 1.94 bits per heavy atom. The van der Waals surface area contributed by atoms with Gasteiger partial charge in [0.05, 0.1) is 17.7 Å². The maximum absolute atomic E-state index is 13.3. The van der Waals surface area contributed by atoms with E-state index in [1.54, 1.807) is 19.3 Å². The van der Waals surface area contributed by atoms with Crippen molar-refractivity contribution in [3.63, 3.8) is 0 Å². The van der Waals surface area contributed by atoms with Crippen molar-refractivity contribution in [3.05, 3.63) is 53.4 Å². The summed E-state index contributed by atoms with van der Waals surface area (Å²) in [5, 5.41) is 3.99. The molecular formula is C12H10F2N2O. The standard InChI is InChI=1S/C12H10F2N2O/c1-16-6-5-8(15-16)7-11(17)12-9(13)3-2-4-10(12)14/h2-6H,7H2,1H3. The van der Waals surface area contributed by atoms with Crippen molar-refractivity contribution in [1.82, 2.24) is 9.78 Å². The molecule has 3 nitrogen and oxygen atoms in total. The first kappa shape index (κ1) is 11.4. The van der Waals surface area contributed by atoms with E-state index in [1.165, 1.54) is 10.7 Å². The maximum Gasteiger partial charge on any atom is 0.174 e. The number of aryl methyl sites for hydroxylation is 1. The molecule has 17 heavy (non-hydrogen) atoms. The van der Waals surface area contributed by atoms with E-state index < -0.39 is 23.0 Å². The molecule has 5 heteroatoms. The molecule has 2 rings (SSSR count). The molecule has 0 bridgehead atoms. The topological polar surface area (TPSA) is 34.9 Å². The van der Waals surface area contributed by atoms with Crippen LogP contribution in [-0.2, 0) is 13.5 Å². The van der Waals surface area contributed by atoms with Crippen LogP contribution in [0.2, 0.25) is 0 Å². The number of ketones is 1. The molecule has 0 saturated heterocycles. The minimum Gasteiger partial charge on any atom is -0.294 e. The van der Waals surface area contributed by atoms with Crippen LogP contribution in [0, 0.1) is 11.6 Å². The summed E-state index contributed by atoms with van der Waals surface area (Å²) in [6, 6.07) is 4.99. The van der Waals surface area contributed by atoms with Crippen LogP contribution in [0.4, 0.5) is 8.78 Å². The fourth-order valence-corrected chi connectivity index (χ4v) is 1.57. The van der Waals surface area contributed by atoms with Gasteiger partial charge in [0.2, 0.25) is 0 Å². The highest BCUT2D eigenvalue weighted by molar-refractivity contribution is 5.97. The normalized spacial score (nSPS) is 10.5. The first-order valence-electron chi connectivity index (χ1n) is 5.03. The second-order valence-corrected chi connectivity index (χ2v) is 3.68. The Morgan fingerprint density at radius 1 is 1.29 bits per heavy atom. The molecule has 1 aromatic carbocycles. The highest BCUT2D eigenvalue weighted by Gasteiger charge is 2.17. The maximum atomic E-state index is 13.3. The van der Waals surface area contributed by atoms with Crippen LogP contribution in [0.3, 0.4) is 0 Å². The second-order valence-electron chi connectivity index (χ2n) is 3.68. The number of aromatic nitrogens is 2. The fourth-order valence-electron chi connectivity index (χ4n) is 1.57. The molecule has 0 aliphatic heterocycles. The molecule has 0 radical (unpaired) electrons. The van der Waals surface area contributed by atoms with Crippen molar-refractivity contribution in [2.75, 3.05) is 0 Å². The molecule has 2 aromatic rings. The summed E-state index contributed by atoms with van der Waals surface area (Å²) in [6.45, 7) is 0. The van der Waals surface area contributed by atoms with Gasteiger partial charge in [-0.3, -0.25) is 9.48 Å². The van der Waals surface area contributed by atoms with Crippen molar-refractivity contribution in [2.24, 2.45) is 7.05 Å². The lowest BCUT2D eigenvalue weighted by Gasteiger charge is -2.02. The molecule has 0 atom stereocenters. The molecule has 0 N–H and O–H groups in total. The van der Waals surface area contributed by atoms with Gasteiger partial charge in [-0.1, -0.05) is 6.07 Å². The van der Waals surface area contributed by atoms with Crippen molar-refractivity contribution >= 4 is 5.78 Å². The molecule has 0 aliphatic rings. The SMILES string of the molecule is Cn1ccc(CC(=O)c2c(F)cccc2F)n1. The predicted molar refractivity (Wildman–Crippen MR) is 57.6 cm³/mol. The van der Waals surface area contributed by atoms with E-state index in [-0.39, 0.29) is 6.42 Å². The van der Waals surface area contributed by atoms with Crippen molar-refractivity contribution < 1.29 is 13.6 Å². The minimum absolute atomic E-state index is 0.112. The number of nitrogens with zero attached hydrogens (tertiary/aromatic N) is 2. The van der Waals surface area contributed by atoms with Gasteiger partial charge in [0.25, 0.3) is 0 Å². The van der Waals surface area contributed by atoms with Crippen molar-refractivity contribution in [2.45, 2.75) is 6.42 Å². The van der Waals surface area contributed by atoms with E-state index in [2.05, 4.69) is 5.10 Å². The third kappa shape index (κ3) is 2.38. The summed E-state index contributed by atoms with van der Waals surface area (Å²) in [5.74, 6) is -2.30. The van der Waals surface area contributed by atoms with Gasteiger partial charge < -0.3 is 0 Å². The van der Waals surface area contributed by atoms with Crippen LogP contribution in [-0.4, -0.2) is 15.6 Å². The smallest absolute Gasteiger partial charge is 0.174 e. The first-order chi connectivity index (χ1) is 8.08. The zero-order chi connectivity index (χ0) is 12.4. The summed E-state index contributed by atoms with van der Waals surface area (Å²) in [7, 11) is 1.71. The molecule has 1 heterocycles. The average Bonchev–Trinajstić information content (AvgIpc) is 2.63. The largest absolute Gasteiger partial charge is 0.294 e. The number of carbonyl (C=O) groups excluding carboxylic acids is 1. The van der Waals surface area contributed by atoms with Gasteiger partial charge in [0.15, 0.2) is 5.78 Å². The number of hydrogen-bond donors (Lipinski definition) is 0. The third-order valence-electron chi connectivity index (χ3n) is 2.35. The zero-order valence-electron chi connectivity index (χ0n) is 9.15. The molecule has 0 amide bonds. The summed E-state index contributed by atoms with van der Waals surface area (Å²) in [5.41, 5.74) is -0.0155. The van der Waals surface area contributed by atoms with Gasteiger partial charge in [-0.15, -0.1) is 0 Å². The Balaban J connectivity index is 2.26. The Labute approximate surface area is 96.7 Å². The summed E-state index contributed by atoms with van der Waals surface area (Å²) < 4.78 is 28.2. The van der Waals surface area contributed by atoms with Crippen LogP contribution in [0.15, 0.2) is 30.5 Å². The van der Waals surface area contributed by atoms with Crippen LogP contribution >= 0.6 is 0 Å². The van der Waals surface area contributed by atoms with Gasteiger partial charge in [-0.25, -0.2) is 8.78 Å². The Hall–Kier alpha value is -2.04. The number of Topliss-reactive ketones (excluding diaryl/α,β-unsaturated/α-hetero) is 1. The van der Waals surface area contributed by atoms with Gasteiger partial charge in [-0.05, 0) is 18.2 Å². The number of hydrogen-bond acceptors (Lipinski definition) is 2. The number of carbonyl (C=O) groups is 1. The minimum atomic E-state index is -0.842. The number of rotatable bonds is 3. The molecule has 0 aliphatic carbocycles. The number of benzene rings is 1. The van der Waals surface area contributed by atoms with Crippen LogP contribution in [0.5, 0.6) is 0 Å². The van der Waals surface area contributed by atoms with E-state index in [4.69, 9.17) is 0 Å². The van der Waals surface area contributed by atoms with Crippen LogP contribution in [0.25, 0.3) is 0 Å². The van der Waals surface area contributed by atoms with Gasteiger partial charge in [-0.2, -0.15) is 5.10 Å². The molecule has 1 aromatic heterocycles. The summed E-state index contributed by atoms with van der Waals surface area (Å²) in [4.78, 5) is 11.7. The van der Waals surface area contributed by atoms with Gasteiger partial charge in [0.1, 0.15) is 11.6 Å². The van der Waals surface area contributed by atoms with Gasteiger partial charge >= 0.3 is 0 Å². The quantitative estimate of drug-likeness (QED) is 0.765. The fraction of sp³-hybridized carbons (Fsp3) is 0.167. The molecule has 0 fully saturated rings. The second kappa shape index (κ2) is 4.45. The predicted octanol–water partition coefficient (Wildman–Crippen LogP) is 2.12. The Kier molecular flexibility index (Phi) is 2.99. The lowest BCUT2D eigenvalue weighted by molar-refractivity contribution is 0.0983. The molecule has 0 unspecified atom stereocenters. The highest BCUT2D eigenvalue weighted by Crippen LogP contribution is 2.14. The van der Waals surface area contributed by atoms with Gasteiger partial charge in [0, 0.05) is 13.2 Å². The molecule has 0 saturated carbocycles. The monoisotopic (exact) mass is 236 g/mol. The zero-order valence-corrected chi connectivity index (χ0v) is 9.15. The summed E-state index contributed by atoms with van der Waals surface area (Å²) in [6.07, 6.45) is 1.55. The average molecular weight is 236 g/mol. The lowest BCUT2D eigenvalue weighted by Crippen LogP contribution is -2.09. The van der Waals surface area contributed by atoms with Crippen LogP contribution < -0.4 is 0 Å². The Morgan fingerprint density at radius 3 is 2.47 bits per heavy atom. The van der Waals surface area contributed by atoms with E-state index in [9.17, 15) is 13.6 Å². The highest BCUT2D eigenvalue weighted by atomic mass is 19.1.